The van der Waals surface area contributed by atoms with Crippen molar-refractivity contribution in [2.75, 3.05) is 11.9 Å². The van der Waals surface area contributed by atoms with Gasteiger partial charge in [-0.25, -0.2) is 4.98 Å². The summed E-state index contributed by atoms with van der Waals surface area (Å²) in [5, 5.41) is 3.27. The number of benzene rings is 1. The van der Waals surface area contributed by atoms with Gasteiger partial charge in [0.1, 0.15) is 5.82 Å². The molecule has 4 heteroatoms. The quantitative estimate of drug-likeness (QED) is 0.773. The van der Waals surface area contributed by atoms with Gasteiger partial charge in [0.15, 0.2) is 0 Å². The van der Waals surface area contributed by atoms with E-state index in [1.807, 2.05) is 48.7 Å². The van der Waals surface area contributed by atoms with Crippen LogP contribution in [0.1, 0.15) is 5.69 Å². The van der Waals surface area contributed by atoms with E-state index in [1.54, 1.807) is 6.20 Å². The standard InChI is InChI=1S/C15H14N4/c1-2-7-14-13(6-1)18-11-15(19-14)17-10-8-12-5-3-4-9-16-12/h1-7,9,11H,8,10H2,(H,17,19). The molecule has 19 heavy (non-hydrogen) atoms. The zero-order chi connectivity index (χ0) is 12.9. The second kappa shape index (κ2) is 5.44. The molecule has 0 spiro atoms. The van der Waals surface area contributed by atoms with Crippen LogP contribution in [0.15, 0.2) is 54.9 Å². The second-order valence-electron chi connectivity index (χ2n) is 4.24. The molecule has 0 aliphatic heterocycles. The predicted octanol–water partition coefficient (Wildman–Crippen LogP) is 2.68. The fourth-order valence-corrected chi connectivity index (χ4v) is 1.91. The number of anilines is 1. The van der Waals surface area contributed by atoms with Gasteiger partial charge in [-0.2, -0.15) is 0 Å². The van der Waals surface area contributed by atoms with Gasteiger partial charge in [0.2, 0.25) is 0 Å². The van der Waals surface area contributed by atoms with E-state index in [2.05, 4.69) is 20.3 Å². The molecule has 0 atom stereocenters. The van der Waals surface area contributed by atoms with Gasteiger partial charge < -0.3 is 5.32 Å². The fourth-order valence-electron chi connectivity index (χ4n) is 1.91. The van der Waals surface area contributed by atoms with Crippen molar-refractivity contribution in [1.82, 2.24) is 15.0 Å². The largest absolute Gasteiger partial charge is 0.368 e. The lowest BCUT2D eigenvalue weighted by Gasteiger charge is -2.05. The minimum Gasteiger partial charge on any atom is -0.368 e. The number of hydrogen-bond donors (Lipinski definition) is 1. The first-order chi connectivity index (χ1) is 9.42. The van der Waals surface area contributed by atoms with E-state index in [0.717, 1.165) is 35.5 Å². The van der Waals surface area contributed by atoms with Crippen molar-refractivity contribution in [2.45, 2.75) is 6.42 Å². The smallest absolute Gasteiger partial charge is 0.145 e. The van der Waals surface area contributed by atoms with Crippen molar-refractivity contribution in [3.05, 3.63) is 60.6 Å². The average Bonchev–Trinajstić information content (AvgIpc) is 2.48. The number of fused-ring (bicyclic) bond motifs is 1. The molecular formula is C15H14N4. The first-order valence-corrected chi connectivity index (χ1v) is 6.27. The Balaban J connectivity index is 1.65. The minimum absolute atomic E-state index is 0.796. The fraction of sp³-hybridized carbons (Fsp3) is 0.133. The Morgan fingerprint density at radius 1 is 0.895 bits per heavy atom. The summed E-state index contributed by atoms with van der Waals surface area (Å²) in [5.74, 6) is 0.801. The van der Waals surface area contributed by atoms with E-state index in [1.165, 1.54) is 0 Å². The Kier molecular flexibility index (Phi) is 3.32. The molecule has 0 fully saturated rings. The minimum atomic E-state index is 0.796. The highest BCUT2D eigenvalue weighted by molar-refractivity contribution is 5.75. The van der Waals surface area contributed by atoms with Crippen LogP contribution in [-0.2, 0) is 6.42 Å². The summed E-state index contributed by atoms with van der Waals surface area (Å²) in [6.45, 7) is 0.796. The third kappa shape index (κ3) is 2.85. The topological polar surface area (TPSA) is 50.7 Å². The molecule has 0 bridgehead atoms. The van der Waals surface area contributed by atoms with Crippen molar-refractivity contribution >= 4 is 16.9 Å². The van der Waals surface area contributed by atoms with Gasteiger partial charge in [-0.15, -0.1) is 0 Å². The summed E-state index contributed by atoms with van der Waals surface area (Å²) in [4.78, 5) is 13.2. The predicted molar refractivity (Wildman–Crippen MR) is 76.0 cm³/mol. The van der Waals surface area contributed by atoms with Crippen LogP contribution in [0.2, 0.25) is 0 Å². The Morgan fingerprint density at radius 2 is 1.74 bits per heavy atom. The zero-order valence-electron chi connectivity index (χ0n) is 10.5. The van der Waals surface area contributed by atoms with Gasteiger partial charge >= 0.3 is 0 Å². The molecule has 0 aliphatic rings. The molecule has 1 N–H and O–H groups in total. The number of aromatic nitrogens is 3. The van der Waals surface area contributed by atoms with Crippen LogP contribution in [0.25, 0.3) is 11.0 Å². The van der Waals surface area contributed by atoms with Gasteiger partial charge in [-0.05, 0) is 24.3 Å². The number of nitrogens with one attached hydrogen (secondary N) is 1. The maximum Gasteiger partial charge on any atom is 0.145 e. The van der Waals surface area contributed by atoms with Crippen LogP contribution < -0.4 is 5.32 Å². The lowest BCUT2D eigenvalue weighted by atomic mass is 10.3. The normalized spacial score (nSPS) is 10.5. The van der Waals surface area contributed by atoms with E-state index < -0.39 is 0 Å². The highest BCUT2D eigenvalue weighted by atomic mass is 15.0. The first-order valence-electron chi connectivity index (χ1n) is 6.27. The van der Waals surface area contributed by atoms with Crippen molar-refractivity contribution < 1.29 is 0 Å². The third-order valence-corrected chi connectivity index (χ3v) is 2.86. The molecule has 0 saturated carbocycles. The van der Waals surface area contributed by atoms with Crippen molar-refractivity contribution in [2.24, 2.45) is 0 Å². The van der Waals surface area contributed by atoms with E-state index in [4.69, 9.17) is 0 Å². The van der Waals surface area contributed by atoms with Crippen LogP contribution in [0.4, 0.5) is 5.82 Å². The van der Waals surface area contributed by atoms with Crippen molar-refractivity contribution in [3.8, 4) is 0 Å². The molecule has 2 heterocycles. The van der Waals surface area contributed by atoms with E-state index >= 15 is 0 Å². The van der Waals surface area contributed by atoms with Gasteiger partial charge in [0, 0.05) is 24.9 Å². The Bertz CT molecular complexity index is 667. The molecule has 0 unspecified atom stereocenters. The summed E-state index contributed by atoms with van der Waals surface area (Å²) in [7, 11) is 0. The number of nitrogens with zero attached hydrogens (tertiary/aromatic N) is 3. The number of rotatable bonds is 4. The van der Waals surface area contributed by atoms with Crippen LogP contribution in [0, 0.1) is 0 Å². The maximum absolute atomic E-state index is 4.51. The van der Waals surface area contributed by atoms with Gasteiger partial charge in [0.05, 0.1) is 17.2 Å². The molecule has 3 rings (SSSR count). The Labute approximate surface area is 111 Å². The molecule has 2 aromatic heterocycles. The van der Waals surface area contributed by atoms with Crippen LogP contribution >= 0.6 is 0 Å². The summed E-state index contributed by atoms with van der Waals surface area (Å²) >= 11 is 0. The van der Waals surface area contributed by atoms with Crippen LogP contribution in [0.3, 0.4) is 0 Å². The van der Waals surface area contributed by atoms with Gasteiger partial charge in [-0.1, -0.05) is 18.2 Å². The van der Waals surface area contributed by atoms with E-state index in [0.29, 0.717) is 0 Å². The molecule has 0 amide bonds. The maximum atomic E-state index is 4.51. The molecule has 0 saturated heterocycles. The lowest BCUT2D eigenvalue weighted by molar-refractivity contribution is 0.953. The summed E-state index contributed by atoms with van der Waals surface area (Å²) in [6, 6.07) is 13.8. The van der Waals surface area contributed by atoms with Crippen molar-refractivity contribution in [3.63, 3.8) is 0 Å². The molecule has 94 valence electrons. The molecule has 4 nitrogen and oxygen atoms in total. The highest BCUT2D eigenvalue weighted by Gasteiger charge is 1.99. The van der Waals surface area contributed by atoms with Gasteiger partial charge in [-0.3, -0.25) is 9.97 Å². The van der Waals surface area contributed by atoms with Crippen LogP contribution in [0.5, 0.6) is 0 Å². The summed E-state index contributed by atoms with van der Waals surface area (Å²) in [6.07, 6.45) is 4.45. The molecule has 0 radical (unpaired) electrons. The number of hydrogen-bond acceptors (Lipinski definition) is 4. The van der Waals surface area contributed by atoms with E-state index in [-0.39, 0.29) is 0 Å². The monoisotopic (exact) mass is 250 g/mol. The lowest BCUT2D eigenvalue weighted by Crippen LogP contribution is -2.07. The zero-order valence-corrected chi connectivity index (χ0v) is 10.5. The molecule has 3 aromatic rings. The summed E-state index contributed by atoms with van der Waals surface area (Å²) in [5.41, 5.74) is 2.90. The number of pyridine rings is 1. The first kappa shape index (κ1) is 11.6. The molecule has 1 aromatic carbocycles. The Morgan fingerprint density at radius 3 is 2.58 bits per heavy atom. The molecular weight excluding hydrogens is 236 g/mol. The highest BCUT2D eigenvalue weighted by Crippen LogP contribution is 2.11. The van der Waals surface area contributed by atoms with Crippen LogP contribution in [-0.4, -0.2) is 21.5 Å². The second-order valence-corrected chi connectivity index (χ2v) is 4.24. The summed E-state index contributed by atoms with van der Waals surface area (Å²) < 4.78 is 0. The average molecular weight is 250 g/mol. The number of para-hydroxylation sites is 2. The van der Waals surface area contributed by atoms with Crippen molar-refractivity contribution in [1.29, 1.82) is 0 Å². The van der Waals surface area contributed by atoms with E-state index in [9.17, 15) is 0 Å². The Hall–Kier alpha value is -2.49. The van der Waals surface area contributed by atoms with Gasteiger partial charge in [0.25, 0.3) is 0 Å². The SMILES string of the molecule is c1ccc(CCNc2cnc3ccccc3n2)nc1. The molecule has 0 aliphatic carbocycles. The third-order valence-electron chi connectivity index (χ3n) is 2.86.